The molecule has 2 aromatic carbocycles. The summed E-state index contributed by atoms with van der Waals surface area (Å²) in [6.45, 7) is 9.15. The molecule has 0 spiro atoms. The molecule has 21 heavy (non-hydrogen) atoms. The van der Waals surface area contributed by atoms with Gasteiger partial charge in [-0.05, 0) is 60.4 Å². The van der Waals surface area contributed by atoms with Crippen LogP contribution >= 0.6 is 0 Å². The van der Waals surface area contributed by atoms with E-state index >= 15 is 0 Å². The summed E-state index contributed by atoms with van der Waals surface area (Å²) < 4.78 is 0. The van der Waals surface area contributed by atoms with Gasteiger partial charge in [0.05, 0.1) is 6.04 Å². The molecule has 1 aliphatic carbocycles. The second kappa shape index (κ2) is 5.22. The zero-order chi connectivity index (χ0) is 15.0. The summed E-state index contributed by atoms with van der Waals surface area (Å²) >= 11 is 0. The molecule has 1 N–H and O–H groups in total. The molecule has 0 aromatic heterocycles. The average Bonchev–Trinajstić information content (AvgIpc) is 2.46. The third kappa shape index (κ3) is 2.57. The fourth-order valence-corrected chi connectivity index (χ4v) is 3.40. The molecule has 1 aliphatic rings. The van der Waals surface area contributed by atoms with Crippen molar-refractivity contribution >= 4 is 5.69 Å². The first-order valence-electron chi connectivity index (χ1n) is 7.89. The molecule has 0 saturated heterocycles. The van der Waals surface area contributed by atoms with Gasteiger partial charge in [-0.3, -0.25) is 0 Å². The van der Waals surface area contributed by atoms with E-state index in [1.165, 1.54) is 40.8 Å². The largest absolute Gasteiger partial charge is 0.377 e. The lowest BCUT2D eigenvalue weighted by Gasteiger charge is -2.41. The topological polar surface area (TPSA) is 12.0 Å². The van der Waals surface area contributed by atoms with E-state index in [1.807, 2.05) is 0 Å². The van der Waals surface area contributed by atoms with Crippen molar-refractivity contribution in [1.82, 2.24) is 0 Å². The maximum atomic E-state index is 3.84. The van der Waals surface area contributed by atoms with Crippen molar-refractivity contribution in [2.45, 2.75) is 46.6 Å². The van der Waals surface area contributed by atoms with Crippen molar-refractivity contribution in [3.05, 3.63) is 64.7 Å². The molecule has 0 saturated carbocycles. The molecular formula is C20H25N. The summed E-state index contributed by atoms with van der Waals surface area (Å²) in [7, 11) is 0. The van der Waals surface area contributed by atoms with Gasteiger partial charge in [-0.1, -0.05) is 50.2 Å². The highest BCUT2D eigenvalue weighted by molar-refractivity contribution is 5.56. The highest BCUT2D eigenvalue weighted by Crippen LogP contribution is 2.45. The van der Waals surface area contributed by atoms with Crippen LogP contribution in [0.3, 0.4) is 0 Å². The van der Waals surface area contributed by atoms with Crippen molar-refractivity contribution in [2.24, 2.45) is 5.41 Å². The van der Waals surface area contributed by atoms with E-state index in [0.29, 0.717) is 6.04 Å². The SMILES string of the molecule is Cc1cccc(NC2c3ccccc3CCC2(C)C)c1C. The molecule has 0 radical (unpaired) electrons. The van der Waals surface area contributed by atoms with Crippen molar-refractivity contribution in [1.29, 1.82) is 0 Å². The Morgan fingerprint density at radius 1 is 1.00 bits per heavy atom. The Balaban J connectivity index is 2.01. The molecular weight excluding hydrogens is 254 g/mol. The van der Waals surface area contributed by atoms with Gasteiger partial charge in [0, 0.05) is 5.69 Å². The quantitative estimate of drug-likeness (QED) is 0.773. The third-order valence-electron chi connectivity index (χ3n) is 5.09. The molecule has 1 heteroatoms. The number of rotatable bonds is 2. The van der Waals surface area contributed by atoms with E-state index in [1.54, 1.807) is 0 Å². The monoisotopic (exact) mass is 279 g/mol. The van der Waals surface area contributed by atoms with Gasteiger partial charge in [0.2, 0.25) is 0 Å². The minimum Gasteiger partial charge on any atom is -0.377 e. The van der Waals surface area contributed by atoms with Gasteiger partial charge in [-0.15, -0.1) is 0 Å². The van der Waals surface area contributed by atoms with E-state index in [-0.39, 0.29) is 5.41 Å². The van der Waals surface area contributed by atoms with Crippen LogP contribution in [0.2, 0.25) is 0 Å². The van der Waals surface area contributed by atoms with Gasteiger partial charge in [-0.2, -0.15) is 0 Å². The predicted molar refractivity (Wildman–Crippen MR) is 90.8 cm³/mol. The normalized spacial score (nSPS) is 19.9. The Morgan fingerprint density at radius 2 is 1.76 bits per heavy atom. The Kier molecular flexibility index (Phi) is 3.52. The van der Waals surface area contributed by atoms with E-state index in [4.69, 9.17) is 0 Å². The van der Waals surface area contributed by atoms with Crippen molar-refractivity contribution in [3.8, 4) is 0 Å². The smallest absolute Gasteiger partial charge is 0.0567 e. The molecule has 0 fully saturated rings. The molecule has 110 valence electrons. The minimum absolute atomic E-state index is 0.268. The number of aryl methyl sites for hydroxylation is 2. The molecule has 1 unspecified atom stereocenters. The first kappa shape index (κ1) is 14.2. The number of anilines is 1. The summed E-state index contributed by atoms with van der Waals surface area (Å²) in [6, 6.07) is 15.8. The van der Waals surface area contributed by atoms with Gasteiger partial charge in [0.15, 0.2) is 0 Å². The van der Waals surface area contributed by atoms with E-state index in [2.05, 4.69) is 75.5 Å². The van der Waals surface area contributed by atoms with Crippen LogP contribution in [0.5, 0.6) is 0 Å². The molecule has 2 aromatic rings. The van der Waals surface area contributed by atoms with Crippen LogP contribution in [0.4, 0.5) is 5.69 Å². The molecule has 0 heterocycles. The summed E-state index contributed by atoms with van der Waals surface area (Å²) in [5, 5.41) is 3.84. The first-order valence-corrected chi connectivity index (χ1v) is 7.89. The third-order valence-corrected chi connectivity index (χ3v) is 5.09. The maximum Gasteiger partial charge on any atom is 0.0567 e. The zero-order valence-corrected chi connectivity index (χ0v) is 13.5. The van der Waals surface area contributed by atoms with Gasteiger partial charge >= 0.3 is 0 Å². The molecule has 3 rings (SSSR count). The van der Waals surface area contributed by atoms with Crippen LogP contribution in [0.25, 0.3) is 0 Å². The number of fused-ring (bicyclic) bond motifs is 1. The first-order chi connectivity index (χ1) is 9.99. The Hall–Kier alpha value is -1.76. The number of hydrogen-bond acceptors (Lipinski definition) is 1. The summed E-state index contributed by atoms with van der Waals surface area (Å²) in [4.78, 5) is 0. The zero-order valence-electron chi connectivity index (χ0n) is 13.5. The van der Waals surface area contributed by atoms with Gasteiger partial charge in [0.25, 0.3) is 0 Å². The van der Waals surface area contributed by atoms with E-state index in [9.17, 15) is 0 Å². The van der Waals surface area contributed by atoms with E-state index < -0.39 is 0 Å². The minimum atomic E-state index is 0.268. The Morgan fingerprint density at radius 3 is 2.57 bits per heavy atom. The highest BCUT2D eigenvalue weighted by atomic mass is 14.9. The van der Waals surface area contributed by atoms with Gasteiger partial charge in [0.1, 0.15) is 0 Å². The second-order valence-electron chi connectivity index (χ2n) is 7.01. The number of nitrogens with one attached hydrogen (secondary N) is 1. The van der Waals surface area contributed by atoms with Crippen LogP contribution in [0, 0.1) is 19.3 Å². The van der Waals surface area contributed by atoms with Crippen molar-refractivity contribution < 1.29 is 0 Å². The molecule has 1 nitrogen and oxygen atoms in total. The number of benzene rings is 2. The highest BCUT2D eigenvalue weighted by Gasteiger charge is 2.35. The van der Waals surface area contributed by atoms with Crippen LogP contribution in [-0.2, 0) is 6.42 Å². The lowest BCUT2D eigenvalue weighted by Crippen LogP contribution is -2.33. The second-order valence-corrected chi connectivity index (χ2v) is 7.01. The van der Waals surface area contributed by atoms with Gasteiger partial charge < -0.3 is 5.32 Å². The van der Waals surface area contributed by atoms with E-state index in [0.717, 1.165) is 0 Å². The van der Waals surface area contributed by atoms with Crippen molar-refractivity contribution in [2.75, 3.05) is 5.32 Å². The van der Waals surface area contributed by atoms with Crippen LogP contribution in [-0.4, -0.2) is 0 Å². The summed E-state index contributed by atoms with van der Waals surface area (Å²) in [6.07, 6.45) is 2.42. The molecule has 0 amide bonds. The Bertz CT molecular complexity index is 655. The molecule has 1 atom stereocenters. The fourth-order valence-electron chi connectivity index (χ4n) is 3.40. The lowest BCUT2D eigenvalue weighted by molar-refractivity contribution is 0.265. The number of hydrogen-bond donors (Lipinski definition) is 1. The standard InChI is InChI=1S/C20H25N/c1-14-8-7-11-18(15(14)2)21-19-17-10-6-5-9-16(17)12-13-20(19,3)4/h5-11,19,21H,12-13H2,1-4H3. The molecule has 0 bridgehead atoms. The molecule has 0 aliphatic heterocycles. The predicted octanol–water partition coefficient (Wildman–Crippen LogP) is 5.43. The lowest BCUT2D eigenvalue weighted by atomic mass is 9.70. The van der Waals surface area contributed by atoms with Crippen LogP contribution in [0.1, 0.15) is 48.6 Å². The summed E-state index contributed by atoms with van der Waals surface area (Å²) in [5.41, 5.74) is 7.21. The van der Waals surface area contributed by atoms with Crippen molar-refractivity contribution in [3.63, 3.8) is 0 Å². The fraction of sp³-hybridized carbons (Fsp3) is 0.400. The Labute approximate surface area is 128 Å². The van der Waals surface area contributed by atoms with Crippen LogP contribution < -0.4 is 5.32 Å². The van der Waals surface area contributed by atoms with Crippen LogP contribution in [0.15, 0.2) is 42.5 Å². The van der Waals surface area contributed by atoms with Gasteiger partial charge in [-0.25, -0.2) is 0 Å². The summed E-state index contributed by atoms with van der Waals surface area (Å²) in [5.74, 6) is 0. The average molecular weight is 279 g/mol. The maximum absolute atomic E-state index is 3.84.